The lowest BCUT2D eigenvalue weighted by molar-refractivity contribution is 0.401. The first-order valence-corrected chi connectivity index (χ1v) is 6.13. The summed E-state index contributed by atoms with van der Waals surface area (Å²) in [5.41, 5.74) is 7.15. The van der Waals surface area contributed by atoms with Crippen LogP contribution in [0, 0.1) is 0 Å². The van der Waals surface area contributed by atoms with Crippen molar-refractivity contribution in [1.29, 1.82) is 0 Å². The van der Waals surface area contributed by atoms with Gasteiger partial charge in [0.1, 0.15) is 11.5 Å². The molecule has 3 nitrogen and oxygen atoms in total. The van der Waals surface area contributed by atoms with Gasteiger partial charge in [-0.2, -0.15) is 0 Å². The molecule has 0 aliphatic heterocycles. The van der Waals surface area contributed by atoms with Crippen molar-refractivity contribution in [3.05, 3.63) is 35.9 Å². The van der Waals surface area contributed by atoms with Gasteiger partial charge in [-0.1, -0.05) is 24.3 Å². The molecular formula is C15H17NO2. The molecule has 1 fully saturated rings. The van der Waals surface area contributed by atoms with E-state index in [0.29, 0.717) is 0 Å². The van der Waals surface area contributed by atoms with Crippen molar-refractivity contribution in [3.63, 3.8) is 0 Å². The van der Waals surface area contributed by atoms with Crippen molar-refractivity contribution < 1.29 is 9.47 Å². The Balaban J connectivity index is 2.36. The summed E-state index contributed by atoms with van der Waals surface area (Å²) in [5.74, 6) is 1.74. The minimum absolute atomic E-state index is 0.233. The van der Waals surface area contributed by atoms with Gasteiger partial charge < -0.3 is 15.2 Å². The molecule has 18 heavy (non-hydrogen) atoms. The van der Waals surface area contributed by atoms with Gasteiger partial charge in [-0.05, 0) is 18.9 Å². The van der Waals surface area contributed by atoms with Crippen molar-refractivity contribution in [2.45, 2.75) is 18.4 Å². The predicted molar refractivity (Wildman–Crippen MR) is 72.2 cm³/mol. The summed E-state index contributed by atoms with van der Waals surface area (Å²) in [6.07, 6.45) is 2.01. The molecule has 2 N–H and O–H groups in total. The second-order valence-electron chi connectivity index (χ2n) is 4.86. The Bertz CT molecular complexity index is 603. The van der Waals surface area contributed by atoms with Gasteiger partial charge in [0.25, 0.3) is 0 Å². The number of methoxy groups -OCH3 is 2. The number of rotatable bonds is 3. The third kappa shape index (κ3) is 1.55. The van der Waals surface area contributed by atoms with E-state index in [0.717, 1.165) is 40.7 Å². The fourth-order valence-electron chi connectivity index (χ4n) is 2.48. The highest BCUT2D eigenvalue weighted by molar-refractivity contribution is 5.95. The summed E-state index contributed by atoms with van der Waals surface area (Å²) in [5, 5.41) is 2.12. The highest BCUT2D eigenvalue weighted by Crippen LogP contribution is 2.50. The van der Waals surface area contributed by atoms with Gasteiger partial charge in [0.05, 0.1) is 14.2 Å². The zero-order valence-corrected chi connectivity index (χ0v) is 10.7. The zero-order chi connectivity index (χ0) is 12.8. The molecule has 2 aromatic rings. The molecule has 1 aliphatic carbocycles. The molecule has 0 amide bonds. The molecule has 94 valence electrons. The van der Waals surface area contributed by atoms with Crippen LogP contribution in [-0.2, 0) is 5.54 Å². The van der Waals surface area contributed by atoms with Crippen LogP contribution >= 0.6 is 0 Å². The molecule has 0 unspecified atom stereocenters. The number of hydrogen-bond acceptors (Lipinski definition) is 3. The van der Waals surface area contributed by atoms with Crippen molar-refractivity contribution in [2.75, 3.05) is 14.2 Å². The molecule has 3 rings (SSSR count). The van der Waals surface area contributed by atoms with Crippen LogP contribution in [0.5, 0.6) is 11.5 Å². The van der Waals surface area contributed by atoms with Gasteiger partial charge in [-0.25, -0.2) is 0 Å². The van der Waals surface area contributed by atoms with Crippen molar-refractivity contribution in [3.8, 4) is 11.5 Å². The van der Waals surface area contributed by atoms with E-state index in [9.17, 15) is 0 Å². The molecular weight excluding hydrogens is 226 g/mol. The van der Waals surface area contributed by atoms with Gasteiger partial charge in [0.2, 0.25) is 0 Å². The monoisotopic (exact) mass is 243 g/mol. The quantitative estimate of drug-likeness (QED) is 0.901. The lowest BCUT2D eigenvalue weighted by Crippen LogP contribution is -2.20. The van der Waals surface area contributed by atoms with E-state index in [1.165, 1.54) is 0 Å². The number of benzene rings is 2. The minimum Gasteiger partial charge on any atom is -0.496 e. The first kappa shape index (κ1) is 11.4. The maximum atomic E-state index is 6.32. The minimum atomic E-state index is -0.233. The average molecular weight is 243 g/mol. The van der Waals surface area contributed by atoms with Crippen LogP contribution in [0.25, 0.3) is 10.8 Å². The Morgan fingerprint density at radius 3 is 2.28 bits per heavy atom. The Kier molecular flexibility index (Phi) is 2.45. The van der Waals surface area contributed by atoms with Gasteiger partial charge in [-0.3, -0.25) is 0 Å². The molecule has 1 aliphatic rings. The number of nitrogens with two attached hydrogens (primary N) is 1. The molecule has 0 radical (unpaired) electrons. The third-order valence-corrected chi connectivity index (χ3v) is 3.71. The van der Waals surface area contributed by atoms with E-state index in [1.807, 2.05) is 30.3 Å². The number of hydrogen-bond donors (Lipinski definition) is 1. The largest absolute Gasteiger partial charge is 0.496 e. The van der Waals surface area contributed by atoms with E-state index in [-0.39, 0.29) is 5.54 Å². The molecule has 0 bridgehead atoms. The van der Waals surface area contributed by atoms with E-state index in [4.69, 9.17) is 15.2 Å². The van der Waals surface area contributed by atoms with Gasteiger partial charge in [-0.15, -0.1) is 0 Å². The molecule has 0 atom stereocenters. The van der Waals surface area contributed by atoms with Gasteiger partial charge in [0.15, 0.2) is 0 Å². The van der Waals surface area contributed by atoms with Crippen molar-refractivity contribution in [2.24, 2.45) is 5.73 Å². The first-order valence-electron chi connectivity index (χ1n) is 6.13. The fraction of sp³-hybridized carbons (Fsp3) is 0.333. The highest BCUT2D eigenvalue weighted by Gasteiger charge is 2.43. The smallest absolute Gasteiger partial charge is 0.132 e. The van der Waals surface area contributed by atoms with E-state index < -0.39 is 0 Å². The predicted octanol–water partition coefficient (Wildman–Crippen LogP) is 2.80. The Morgan fingerprint density at radius 1 is 1.06 bits per heavy atom. The molecule has 0 saturated heterocycles. The van der Waals surface area contributed by atoms with Crippen LogP contribution in [0.15, 0.2) is 30.3 Å². The lowest BCUT2D eigenvalue weighted by Gasteiger charge is -2.18. The van der Waals surface area contributed by atoms with Crippen LogP contribution in [-0.4, -0.2) is 14.2 Å². The summed E-state index contributed by atoms with van der Waals surface area (Å²) >= 11 is 0. The van der Waals surface area contributed by atoms with E-state index >= 15 is 0 Å². The van der Waals surface area contributed by atoms with Crippen LogP contribution in [0.3, 0.4) is 0 Å². The van der Waals surface area contributed by atoms with Gasteiger partial charge in [0, 0.05) is 21.9 Å². The molecule has 0 spiro atoms. The molecule has 0 aromatic heterocycles. The van der Waals surface area contributed by atoms with Crippen LogP contribution in [0.2, 0.25) is 0 Å². The summed E-state index contributed by atoms with van der Waals surface area (Å²) in [6, 6.07) is 10.1. The third-order valence-electron chi connectivity index (χ3n) is 3.71. The molecule has 3 heteroatoms. The Labute approximate surface area is 106 Å². The standard InChI is InChI=1S/C15H17NO2/c1-17-13-9-12(15(16)7-8-15)14(18-2)11-6-4-3-5-10(11)13/h3-6,9H,7-8,16H2,1-2H3. The number of fused-ring (bicyclic) bond motifs is 1. The molecule has 1 saturated carbocycles. The summed E-state index contributed by atoms with van der Waals surface area (Å²) in [6.45, 7) is 0. The van der Waals surface area contributed by atoms with Crippen LogP contribution in [0.1, 0.15) is 18.4 Å². The van der Waals surface area contributed by atoms with Gasteiger partial charge >= 0.3 is 0 Å². The van der Waals surface area contributed by atoms with Crippen molar-refractivity contribution >= 4 is 10.8 Å². The second kappa shape index (κ2) is 3.89. The van der Waals surface area contributed by atoms with Crippen molar-refractivity contribution in [1.82, 2.24) is 0 Å². The Morgan fingerprint density at radius 2 is 1.72 bits per heavy atom. The number of ether oxygens (including phenoxy) is 2. The van der Waals surface area contributed by atoms with Crippen LogP contribution in [0.4, 0.5) is 0 Å². The molecule has 2 aromatic carbocycles. The highest BCUT2D eigenvalue weighted by atomic mass is 16.5. The maximum Gasteiger partial charge on any atom is 0.132 e. The maximum absolute atomic E-state index is 6.32. The summed E-state index contributed by atoms with van der Waals surface area (Å²) < 4.78 is 11.1. The normalized spacial score (nSPS) is 16.6. The lowest BCUT2D eigenvalue weighted by atomic mass is 9.98. The average Bonchev–Trinajstić information content (AvgIpc) is 3.16. The molecule has 0 heterocycles. The second-order valence-corrected chi connectivity index (χ2v) is 4.86. The fourth-order valence-corrected chi connectivity index (χ4v) is 2.48. The summed E-state index contributed by atoms with van der Waals surface area (Å²) in [7, 11) is 3.39. The SMILES string of the molecule is COc1cc(C2(N)CC2)c(OC)c2ccccc12. The Hall–Kier alpha value is -1.74. The topological polar surface area (TPSA) is 44.5 Å². The first-order chi connectivity index (χ1) is 8.69. The zero-order valence-electron chi connectivity index (χ0n) is 10.7. The van der Waals surface area contributed by atoms with E-state index in [1.54, 1.807) is 14.2 Å². The van der Waals surface area contributed by atoms with Crippen LogP contribution < -0.4 is 15.2 Å². The summed E-state index contributed by atoms with van der Waals surface area (Å²) in [4.78, 5) is 0. The van der Waals surface area contributed by atoms with E-state index in [2.05, 4.69) is 0 Å².